The van der Waals surface area contributed by atoms with Gasteiger partial charge in [-0.1, -0.05) is 13.8 Å². The molecule has 15 heavy (non-hydrogen) atoms. The van der Waals surface area contributed by atoms with Crippen molar-refractivity contribution in [2.45, 2.75) is 25.9 Å². The Bertz CT molecular complexity index is 225. The van der Waals surface area contributed by atoms with Crippen molar-refractivity contribution in [1.82, 2.24) is 5.32 Å². The quantitative estimate of drug-likeness (QED) is 0.484. The molecule has 1 saturated heterocycles. The molecule has 1 rings (SSSR count). The topological polar surface area (TPSA) is 70.6 Å². The van der Waals surface area contributed by atoms with Crippen LogP contribution in [0.4, 0.5) is 0 Å². The lowest BCUT2D eigenvalue weighted by molar-refractivity contribution is 0.0779. The summed E-state index contributed by atoms with van der Waals surface area (Å²) < 4.78 is 0. The summed E-state index contributed by atoms with van der Waals surface area (Å²) in [6, 6.07) is 0. The largest absolute Gasteiger partial charge is 0.387 e. The number of guanidine groups is 1. The van der Waals surface area contributed by atoms with Gasteiger partial charge in [-0.3, -0.25) is 4.99 Å². The van der Waals surface area contributed by atoms with Crippen molar-refractivity contribution in [3.63, 3.8) is 0 Å². The highest BCUT2D eigenvalue weighted by Crippen LogP contribution is 2.27. The average Bonchev–Trinajstić information content (AvgIpc) is 2.60. The van der Waals surface area contributed by atoms with Crippen LogP contribution in [0.2, 0.25) is 0 Å². The summed E-state index contributed by atoms with van der Waals surface area (Å²) in [6.07, 6.45) is 0.818. The first kappa shape index (κ1) is 12.6. The van der Waals surface area contributed by atoms with Crippen LogP contribution in [0.5, 0.6) is 0 Å². The van der Waals surface area contributed by atoms with Gasteiger partial charge in [0.25, 0.3) is 0 Å². The first-order chi connectivity index (χ1) is 7.02. The second-order valence-electron chi connectivity index (χ2n) is 4.50. The summed E-state index contributed by atoms with van der Waals surface area (Å²) in [5, 5.41) is 13.0. The Kier molecular flexibility index (Phi) is 4.73. The van der Waals surface area contributed by atoms with Gasteiger partial charge in [-0.2, -0.15) is 11.8 Å². The molecule has 1 aliphatic heterocycles. The van der Waals surface area contributed by atoms with Crippen molar-refractivity contribution in [2.75, 3.05) is 24.6 Å². The Morgan fingerprint density at radius 2 is 2.40 bits per heavy atom. The molecule has 4 nitrogen and oxygen atoms in total. The molecule has 1 fully saturated rings. The van der Waals surface area contributed by atoms with E-state index in [1.54, 1.807) is 11.8 Å². The zero-order valence-corrected chi connectivity index (χ0v) is 10.3. The van der Waals surface area contributed by atoms with E-state index >= 15 is 0 Å². The third kappa shape index (κ3) is 4.75. The molecular weight excluding hydrogens is 210 g/mol. The van der Waals surface area contributed by atoms with Gasteiger partial charge in [0.05, 0.1) is 12.1 Å². The summed E-state index contributed by atoms with van der Waals surface area (Å²) in [5.41, 5.74) is 5.05. The number of hydrogen-bond donors (Lipinski definition) is 3. The molecule has 0 spiro atoms. The fraction of sp³-hybridized carbons (Fsp3) is 0.900. The second-order valence-corrected chi connectivity index (χ2v) is 5.61. The number of aliphatic imine (C=N–C) groups is 1. The van der Waals surface area contributed by atoms with Crippen molar-refractivity contribution in [2.24, 2.45) is 16.6 Å². The smallest absolute Gasteiger partial charge is 0.188 e. The number of rotatable bonds is 4. The highest BCUT2D eigenvalue weighted by Gasteiger charge is 2.31. The molecule has 0 saturated carbocycles. The number of nitrogens with two attached hydrogens (primary N) is 1. The van der Waals surface area contributed by atoms with Crippen LogP contribution in [0.25, 0.3) is 0 Å². The molecule has 1 aliphatic rings. The maximum absolute atomic E-state index is 10.0. The molecule has 0 radical (unpaired) electrons. The van der Waals surface area contributed by atoms with Crippen LogP contribution in [-0.2, 0) is 0 Å². The minimum atomic E-state index is -0.630. The van der Waals surface area contributed by atoms with Crippen LogP contribution in [0.3, 0.4) is 0 Å². The Balaban J connectivity index is 2.29. The lowest BCUT2D eigenvalue weighted by Crippen LogP contribution is -2.38. The molecule has 0 amide bonds. The molecular formula is C10H21N3OS. The third-order valence-electron chi connectivity index (χ3n) is 2.32. The number of nitrogens with one attached hydrogen (secondary N) is 1. The van der Waals surface area contributed by atoms with Crippen LogP contribution < -0.4 is 11.1 Å². The lowest BCUT2D eigenvalue weighted by atomic mass is 10.1. The Morgan fingerprint density at radius 1 is 1.67 bits per heavy atom. The van der Waals surface area contributed by atoms with E-state index in [9.17, 15) is 5.11 Å². The van der Waals surface area contributed by atoms with Gasteiger partial charge in [-0.25, -0.2) is 0 Å². The van der Waals surface area contributed by atoms with Gasteiger partial charge in [-0.15, -0.1) is 0 Å². The number of hydrogen-bond acceptors (Lipinski definition) is 3. The maximum atomic E-state index is 10.0. The van der Waals surface area contributed by atoms with Crippen molar-refractivity contribution in [1.29, 1.82) is 0 Å². The zero-order chi connectivity index (χ0) is 11.3. The fourth-order valence-corrected chi connectivity index (χ4v) is 2.60. The second kappa shape index (κ2) is 5.61. The van der Waals surface area contributed by atoms with Crippen molar-refractivity contribution in [3.8, 4) is 0 Å². The minimum absolute atomic E-state index is 0.414. The summed E-state index contributed by atoms with van der Waals surface area (Å²) in [5.74, 6) is 2.78. The van der Waals surface area contributed by atoms with Crippen LogP contribution in [0.15, 0.2) is 4.99 Å². The zero-order valence-electron chi connectivity index (χ0n) is 9.49. The van der Waals surface area contributed by atoms with Crippen LogP contribution >= 0.6 is 11.8 Å². The summed E-state index contributed by atoms with van der Waals surface area (Å²) in [7, 11) is 0. The predicted molar refractivity (Wildman–Crippen MR) is 66.2 cm³/mol. The number of thioether (sulfide) groups is 1. The van der Waals surface area contributed by atoms with Gasteiger partial charge >= 0.3 is 0 Å². The molecule has 0 aromatic heterocycles. The molecule has 0 aromatic carbocycles. The molecule has 4 N–H and O–H groups in total. The van der Waals surface area contributed by atoms with E-state index in [0.29, 0.717) is 18.4 Å². The third-order valence-corrected chi connectivity index (χ3v) is 3.55. The van der Waals surface area contributed by atoms with Gasteiger partial charge in [0, 0.05) is 12.3 Å². The van der Waals surface area contributed by atoms with E-state index in [2.05, 4.69) is 24.2 Å². The molecule has 1 atom stereocenters. The monoisotopic (exact) mass is 231 g/mol. The molecule has 5 heteroatoms. The SMILES string of the molecule is CC(C)CNC(N)=NCC1(O)CCSC1. The Labute approximate surface area is 95.7 Å². The number of aliphatic hydroxyl groups is 1. The Morgan fingerprint density at radius 3 is 2.93 bits per heavy atom. The highest BCUT2D eigenvalue weighted by atomic mass is 32.2. The molecule has 0 aliphatic carbocycles. The van der Waals surface area contributed by atoms with Crippen LogP contribution in [-0.4, -0.2) is 41.3 Å². The molecule has 1 unspecified atom stereocenters. The van der Waals surface area contributed by atoms with E-state index in [-0.39, 0.29) is 0 Å². The Hall–Kier alpha value is -0.420. The number of nitrogens with zero attached hydrogens (tertiary/aromatic N) is 1. The van der Waals surface area contributed by atoms with E-state index in [1.165, 1.54) is 0 Å². The van der Waals surface area contributed by atoms with E-state index in [4.69, 9.17) is 5.73 Å². The average molecular weight is 231 g/mol. The van der Waals surface area contributed by atoms with Gasteiger partial charge in [0.15, 0.2) is 5.96 Å². The van der Waals surface area contributed by atoms with Gasteiger partial charge < -0.3 is 16.2 Å². The fourth-order valence-electron chi connectivity index (χ4n) is 1.32. The van der Waals surface area contributed by atoms with Crippen LogP contribution in [0, 0.1) is 5.92 Å². The first-order valence-corrected chi connectivity index (χ1v) is 6.51. The van der Waals surface area contributed by atoms with Gasteiger partial charge in [-0.05, 0) is 18.1 Å². The van der Waals surface area contributed by atoms with E-state index < -0.39 is 5.60 Å². The predicted octanol–water partition coefficient (Wildman–Crippen LogP) is 0.415. The summed E-state index contributed by atoms with van der Waals surface area (Å²) in [6.45, 7) is 5.46. The van der Waals surface area contributed by atoms with E-state index in [0.717, 1.165) is 24.5 Å². The minimum Gasteiger partial charge on any atom is -0.387 e. The standard InChI is InChI=1S/C10H21N3OS/c1-8(2)5-12-9(11)13-6-10(14)3-4-15-7-10/h8,14H,3-7H2,1-2H3,(H3,11,12,13). The van der Waals surface area contributed by atoms with Gasteiger partial charge in [0.2, 0.25) is 0 Å². The van der Waals surface area contributed by atoms with Crippen molar-refractivity contribution >= 4 is 17.7 Å². The molecule has 1 heterocycles. The maximum Gasteiger partial charge on any atom is 0.188 e. The van der Waals surface area contributed by atoms with Crippen molar-refractivity contribution in [3.05, 3.63) is 0 Å². The molecule has 0 aromatic rings. The van der Waals surface area contributed by atoms with Crippen LogP contribution in [0.1, 0.15) is 20.3 Å². The molecule has 88 valence electrons. The van der Waals surface area contributed by atoms with Crippen molar-refractivity contribution < 1.29 is 5.11 Å². The normalized spacial score (nSPS) is 27.3. The summed E-state index contributed by atoms with van der Waals surface area (Å²) >= 11 is 1.77. The van der Waals surface area contributed by atoms with Gasteiger partial charge in [0.1, 0.15) is 0 Å². The van der Waals surface area contributed by atoms with E-state index in [1.807, 2.05) is 0 Å². The first-order valence-electron chi connectivity index (χ1n) is 5.36. The highest BCUT2D eigenvalue weighted by molar-refractivity contribution is 7.99. The lowest BCUT2D eigenvalue weighted by Gasteiger charge is -2.18. The molecule has 0 bridgehead atoms. The summed E-state index contributed by atoms with van der Waals surface area (Å²) in [4.78, 5) is 4.17.